The Morgan fingerprint density at radius 1 is 0.971 bits per heavy atom. The van der Waals surface area contributed by atoms with E-state index in [0.29, 0.717) is 10.8 Å². The number of sulfonamides is 1. The summed E-state index contributed by atoms with van der Waals surface area (Å²) in [6, 6.07) is 14.3. The van der Waals surface area contributed by atoms with Crippen LogP contribution < -0.4 is 5.32 Å². The van der Waals surface area contributed by atoms with Crippen molar-refractivity contribution in [2.75, 3.05) is 25.4 Å². The molecule has 0 saturated heterocycles. The second-order valence-corrected chi connectivity index (χ2v) is 12.8. The van der Waals surface area contributed by atoms with Crippen LogP contribution in [-0.4, -0.2) is 63.2 Å². The molecule has 0 saturated carbocycles. The standard InChI is InChI=1S/C24H29N3O6S2/c1-24(2,3)33-23(28)26-14-15-27(16-17-34(29,30)20-9-5-4-6-10-20)35(31,32)22-11-7-8-19-18-25-13-12-21(19)22/h4-13,18H,14-17H2,1-3H3,(H,26,28). The van der Waals surface area contributed by atoms with E-state index in [0.717, 1.165) is 4.31 Å². The Balaban J connectivity index is 1.87. The topological polar surface area (TPSA) is 123 Å². The second kappa shape index (κ2) is 10.7. The zero-order valence-corrected chi connectivity index (χ0v) is 21.5. The number of ether oxygens (including phenoxy) is 1. The Kier molecular flexibility index (Phi) is 8.14. The van der Waals surface area contributed by atoms with E-state index < -0.39 is 37.3 Å². The first kappa shape index (κ1) is 26.6. The van der Waals surface area contributed by atoms with E-state index in [1.54, 1.807) is 63.4 Å². The lowest BCUT2D eigenvalue weighted by molar-refractivity contribution is 0.0525. The van der Waals surface area contributed by atoms with Gasteiger partial charge < -0.3 is 10.1 Å². The molecule has 1 N–H and O–H groups in total. The fourth-order valence-electron chi connectivity index (χ4n) is 3.37. The van der Waals surface area contributed by atoms with Crippen molar-refractivity contribution in [3.63, 3.8) is 0 Å². The molecule has 0 unspecified atom stereocenters. The summed E-state index contributed by atoms with van der Waals surface area (Å²) >= 11 is 0. The van der Waals surface area contributed by atoms with Crippen LogP contribution in [0.3, 0.4) is 0 Å². The number of carbonyl (C=O) groups is 1. The quantitative estimate of drug-likeness (QED) is 0.460. The minimum Gasteiger partial charge on any atom is -0.444 e. The molecule has 188 valence electrons. The van der Waals surface area contributed by atoms with Crippen LogP contribution in [0, 0.1) is 0 Å². The van der Waals surface area contributed by atoms with Crippen LogP contribution >= 0.6 is 0 Å². The summed E-state index contributed by atoms with van der Waals surface area (Å²) in [4.78, 5) is 16.2. The highest BCUT2D eigenvalue weighted by Gasteiger charge is 2.28. The van der Waals surface area contributed by atoms with Gasteiger partial charge in [0.05, 0.1) is 15.5 Å². The predicted octanol–water partition coefficient (Wildman–Crippen LogP) is 3.22. The molecule has 0 radical (unpaired) electrons. The second-order valence-electron chi connectivity index (χ2n) is 8.82. The number of hydrogen-bond donors (Lipinski definition) is 1. The highest BCUT2D eigenvalue weighted by atomic mass is 32.2. The molecule has 0 atom stereocenters. The molecule has 3 aromatic rings. The van der Waals surface area contributed by atoms with Crippen LogP contribution in [-0.2, 0) is 24.6 Å². The summed E-state index contributed by atoms with van der Waals surface area (Å²) in [5.74, 6) is -0.422. The number of benzene rings is 2. The van der Waals surface area contributed by atoms with E-state index in [2.05, 4.69) is 10.3 Å². The van der Waals surface area contributed by atoms with Gasteiger partial charge in [0.25, 0.3) is 0 Å². The van der Waals surface area contributed by atoms with Crippen molar-refractivity contribution in [3.05, 3.63) is 67.0 Å². The van der Waals surface area contributed by atoms with E-state index in [1.807, 2.05) is 0 Å². The third-order valence-corrected chi connectivity index (χ3v) is 8.67. The molecule has 0 aliphatic heterocycles. The monoisotopic (exact) mass is 519 g/mol. The predicted molar refractivity (Wildman–Crippen MR) is 133 cm³/mol. The van der Waals surface area contributed by atoms with Crippen LogP contribution in [0.2, 0.25) is 0 Å². The molecular formula is C24H29N3O6S2. The van der Waals surface area contributed by atoms with Crippen molar-refractivity contribution in [2.45, 2.75) is 36.2 Å². The molecule has 35 heavy (non-hydrogen) atoms. The molecule has 9 nitrogen and oxygen atoms in total. The highest BCUT2D eigenvalue weighted by Crippen LogP contribution is 2.25. The van der Waals surface area contributed by atoms with Gasteiger partial charge in [0.2, 0.25) is 10.0 Å². The van der Waals surface area contributed by atoms with E-state index in [4.69, 9.17) is 4.74 Å². The fourth-order valence-corrected chi connectivity index (χ4v) is 6.41. The Morgan fingerprint density at radius 3 is 2.37 bits per heavy atom. The molecule has 0 aliphatic carbocycles. The van der Waals surface area contributed by atoms with Gasteiger partial charge in [-0.1, -0.05) is 30.3 Å². The van der Waals surface area contributed by atoms with Crippen LogP contribution in [0.4, 0.5) is 4.79 Å². The molecule has 3 rings (SSSR count). The molecule has 11 heteroatoms. The van der Waals surface area contributed by atoms with Gasteiger partial charge >= 0.3 is 6.09 Å². The minimum atomic E-state index is -4.12. The summed E-state index contributed by atoms with van der Waals surface area (Å²) in [5.41, 5.74) is -0.712. The fraction of sp³-hybridized carbons (Fsp3) is 0.333. The van der Waals surface area contributed by atoms with Crippen molar-refractivity contribution >= 4 is 36.7 Å². The van der Waals surface area contributed by atoms with E-state index >= 15 is 0 Å². The highest BCUT2D eigenvalue weighted by molar-refractivity contribution is 7.91. The van der Waals surface area contributed by atoms with Crippen LogP contribution in [0.25, 0.3) is 10.8 Å². The molecule has 1 amide bonds. The Labute approximate surface area is 206 Å². The van der Waals surface area contributed by atoms with E-state index in [-0.39, 0.29) is 29.4 Å². The first-order valence-electron chi connectivity index (χ1n) is 11.0. The van der Waals surface area contributed by atoms with Gasteiger partial charge in [-0.25, -0.2) is 21.6 Å². The van der Waals surface area contributed by atoms with Crippen LogP contribution in [0.5, 0.6) is 0 Å². The molecule has 2 aromatic carbocycles. The number of nitrogens with one attached hydrogen (secondary N) is 1. The number of carbonyl (C=O) groups excluding carboxylic acids is 1. The maximum Gasteiger partial charge on any atom is 0.407 e. The van der Waals surface area contributed by atoms with Crippen LogP contribution in [0.15, 0.2) is 76.8 Å². The SMILES string of the molecule is CC(C)(C)OC(=O)NCCN(CCS(=O)(=O)c1ccccc1)S(=O)(=O)c1cccc2cnccc12. The summed E-state index contributed by atoms with van der Waals surface area (Å²) in [7, 11) is -7.85. The molecule has 0 aliphatic rings. The Bertz CT molecular complexity index is 1380. The Morgan fingerprint density at radius 2 is 1.69 bits per heavy atom. The molecule has 0 bridgehead atoms. The normalized spacial score (nSPS) is 12.6. The molecule has 0 spiro atoms. The number of hydrogen-bond acceptors (Lipinski definition) is 7. The summed E-state index contributed by atoms with van der Waals surface area (Å²) < 4.78 is 59.3. The number of aromatic nitrogens is 1. The zero-order chi connectivity index (χ0) is 25.7. The molecule has 1 heterocycles. The molecule has 0 fully saturated rings. The van der Waals surface area contributed by atoms with Gasteiger partial charge in [0, 0.05) is 42.8 Å². The summed E-state index contributed by atoms with van der Waals surface area (Å²) in [6.45, 7) is 4.64. The largest absolute Gasteiger partial charge is 0.444 e. The average Bonchev–Trinajstić information content (AvgIpc) is 2.80. The number of alkyl carbamates (subject to hydrolysis) is 1. The molecule has 1 aromatic heterocycles. The van der Waals surface area contributed by atoms with Crippen molar-refractivity contribution in [1.29, 1.82) is 0 Å². The van der Waals surface area contributed by atoms with E-state index in [1.165, 1.54) is 24.4 Å². The van der Waals surface area contributed by atoms with Gasteiger partial charge in [0.15, 0.2) is 9.84 Å². The van der Waals surface area contributed by atoms with E-state index in [9.17, 15) is 21.6 Å². The van der Waals surface area contributed by atoms with Crippen molar-refractivity contribution in [1.82, 2.24) is 14.6 Å². The third kappa shape index (κ3) is 7.00. The number of pyridine rings is 1. The number of amides is 1. The average molecular weight is 520 g/mol. The van der Waals surface area contributed by atoms with Gasteiger partial charge in [-0.2, -0.15) is 4.31 Å². The smallest absolute Gasteiger partial charge is 0.407 e. The van der Waals surface area contributed by atoms with Crippen molar-refractivity contribution in [3.8, 4) is 0 Å². The van der Waals surface area contributed by atoms with Crippen molar-refractivity contribution in [2.24, 2.45) is 0 Å². The lowest BCUT2D eigenvalue weighted by Gasteiger charge is -2.24. The lowest BCUT2D eigenvalue weighted by atomic mass is 10.2. The number of nitrogens with zero attached hydrogens (tertiary/aromatic N) is 2. The minimum absolute atomic E-state index is 0.0341. The number of rotatable bonds is 9. The molecular weight excluding hydrogens is 490 g/mol. The van der Waals surface area contributed by atoms with Gasteiger partial charge in [0.1, 0.15) is 5.60 Å². The maximum atomic E-state index is 13.7. The Hall–Kier alpha value is -3.02. The van der Waals surface area contributed by atoms with Crippen molar-refractivity contribution < 1.29 is 26.4 Å². The first-order valence-corrected chi connectivity index (χ1v) is 14.1. The maximum absolute atomic E-state index is 13.7. The third-order valence-electron chi connectivity index (χ3n) is 5.00. The van der Waals surface area contributed by atoms with Gasteiger partial charge in [-0.05, 0) is 45.0 Å². The zero-order valence-electron chi connectivity index (χ0n) is 19.8. The summed E-state index contributed by atoms with van der Waals surface area (Å²) in [6.07, 6.45) is 2.36. The first-order chi connectivity index (χ1) is 16.4. The lowest BCUT2D eigenvalue weighted by Crippen LogP contribution is -2.42. The number of sulfone groups is 1. The summed E-state index contributed by atoms with van der Waals surface area (Å²) in [5, 5.41) is 3.64. The van der Waals surface area contributed by atoms with Gasteiger partial charge in [-0.15, -0.1) is 0 Å². The van der Waals surface area contributed by atoms with Crippen LogP contribution in [0.1, 0.15) is 20.8 Å². The number of fused-ring (bicyclic) bond motifs is 1. The van der Waals surface area contributed by atoms with Gasteiger partial charge in [-0.3, -0.25) is 4.98 Å².